The number of amides is 3. The van der Waals surface area contributed by atoms with Crippen LogP contribution in [-0.4, -0.2) is 71.8 Å². The number of aliphatic hydroxyl groups is 1. The molecule has 1 fully saturated rings. The quantitative estimate of drug-likeness (QED) is 0.377. The Morgan fingerprint density at radius 2 is 1.83 bits per heavy atom. The van der Waals surface area contributed by atoms with E-state index in [1.165, 1.54) is 12.1 Å². The molecule has 0 spiro atoms. The molecule has 42 heavy (non-hydrogen) atoms. The lowest BCUT2D eigenvalue weighted by Gasteiger charge is -2.38. The van der Waals surface area contributed by atoms with Gasteiger partial charge in [-0.3, -0.25) is 9.69 Å². The van der Waals surface area contributed by atoms with E-state index in [9.17, 15) is 27.9 Å². The summed E-state index contributed by atoms with van der Waals surface area (Å²) in [5.74, 6) is -0.211. The van der Waals surface area contributed by atoms with Crippen LogP contribution in [-0.2, 0) is 12.7 Å². The fraction of sp³-hybridized carbons (Fsp3) is 0.548. The summed E-state index contributed by atoms with van der Waals surface area (Å²) in [5, 5.41) is 15.8. The van der Waals surface area contributed by atoms with Gasteiger partial charge < -0.3 is 25.4 Å². The SMILES string of the molecule is C[C@@H]1CN([C@H](C)CO)C(=O)c2cccc(NC(=O)NC3CCCCC3)c2O[C@@H]1CN(C)Cc1ccc(C(F)(F)F)cc1. The molecule has 1 aliphatic heterocycles. The molecule has 0 saturated heterocycles. The molecule has 3 amide bonds. The van der Waals surface area contributed by atoms with E-state index in [0.717, 1.165) is 49.8 Å². The highest BCUT2D eigenvalue weighted by atomic mass is 19.4. The van der Waals surface area contributed by atoms with Crippen LogP contribution in [0.4, 0.5) is 23.7 Å². The van der Waals surface area contributed by atoms with Crippen molar-refractivity contribution in [2.75, 3.05) is 32.1 Å². The third-order valence-corrected chi connectivity index (χ3v) is 8.11. The van der Waals surface area contributed by atoms with Gasteiger partial charge >= 0.3 is 12.2 Å². The normalized spacial score (nSPS) is 20.8. The number of para-hydroxylation sites is 1. The number of urea groups is 1. The highest BCUT2D eigenvalue weighted by Crippen LogP contribution is 2.35. The maximum absolute atomic E-state index is 13.7. The number of halogens is 3. The Morgan fingerprint density at radius 3 is 2.48 bits per heavy atom. The Balaban J connectivity index is 1.57. The molecule has 0 bridgehead atoms. The van der Waals surface area contributed by atoms with Gasteiger partial charge in [0.1, 0.15) is 6.10 Å². The monoisotopic (exact) mass is 590 g/mol. The van der Waals surface area contributed by atoms with Crippen LogP contribution in [0.2, 0.25) is 0 Å². The second kappa shape index (κ2) is 13.8. The van der Waals surface area contributed by atoms with Gasteiger partial charge in [-0.1, -0.05) is 44.4 Å². The second-order valence-electron chi connectivity index (χ2n) is 11.6. The van der Waals surface area contributed by atoms with Crippen molar-refractivity contribution in [3.05, 3.63) is 59.2 Å². The summed E-state index contributed by atoms with van der Waals surface area (Å²) in [6.07, 6.45) is 0.325. The van der Waals surface area contributed by atoms with Gasteiger partial charge in [0.2, 0.25) is 0 Å². The lowest BCUT2D eigenvalue weighted by Crippen LogP contribution is -2.50. The minimum Gasteiger partial charge on any atom is -0.486 e. The van der Waals surface area contributed by atoms with Crippen LogP contribution in [0, 0.1) is 5.92 Å². The standard InChI is InChI=1S/C31H41F3N4O4/c1-20-16-38(21(2)19-39)29(40)25-10-7-11-26(36-30(41)35-24-8-5-4-6-9-24)28(25)42-27(20)18-37(3)17-22-12-14-23(15-13-22)31(32,33)34/h7,10-15,20-21,24,27,39H,4-6,8-9,16-19H2,1-3H3,(H2,35,36,41)/t20-,21-,27-/m1/s1. The van der Waals surface area contributed by atoms with Gasteiger partial charge in [-0.2, -0.15) is 13.2 Å². The molecule has 1 aliphatic carbocycles. The average molecular weight is 591 g/mol. The van der Waals surface area contributed by atoms with Crippen molar-refractivity contribution >= 4 is 17.6 Å². The Kier molecular flexibility index (Phi) is 10.4. The third kappa shape index (κ3) is 7.95. The van der Waals surface area contributed by atoms with Gasteiger partial charge in [0.25, 0.3) is 5.91 Å². The predicted molar refractivity (Wildman–Crippen MR) is 154 cm³/mol. The molecular weight excluding hydrogens is 549 g/mol. The van der Waals surface area contributed by atoms with Crippen molar-refractivity contribution in [2.45, 2.75) is 76.9 Å². The molecule has 3 N–H and O–H groups in total. The highest BCUT2D eigenvalue weighted by Gasteiger charge is 2.35. The average Bonchev–Trinajstić information content (AvgIpc) is 2.95. The van der Waals surface area contributed by atoms with Crippen LogP contribution in [0.5, 0.6) is 5.75 Å². The minimum atomic E-state index is -4.39. The van der Waals surface area contributed by atoms with Gasteiger partial charge in [-0.05, 0) is 56.6 Å². The third-order valence-electron chi connectivity index (χ3n) is 8.11. The maximum Gasteiger partial charge on any atom is 0.416 e. The Bertz CT molecular complexity index is 1220. The number of carbonyl (C=O) groups is 2. The number of fused-ring (bicyclic) bond motifs is 1. The van der Waals surface area contributed by atoms with Crippen molar-refractivity contribution in [3.8, 4) is 5.75 Å². The van der Waals surface area contributed by atoms with E-state index in [-0.39, 0.29) is 41.8 Å². The van der Waals surface area contributed by atoms with Crippen LogP contribution in [0.1, 0.15) is 67.4 Å². The number of alkyl halides is 3. The molecule has 1 saturated carbocycles. The molecule has 0 radical (unpaired) electrons. The highest BCUT2D eigenvalue weighted by molar-refractivity contribution is 6.01. The van der Waals surface area contributed by atoms with Crippen molar-refractivity contribution in [1.29, 1.82) is 0 Å². The van der Waals surface area contributed by atoms with E-state index in [1.54, 1.807) is 30.0 Å². The molecule has 11 heteroatoms. The van der Waals surface area contributed by atoms with Gasteiger partial charge in [0.05, 0.1) is 29.5 Å². The number of anilines is 1. The zero-order chi connectivity index (χ0) is 30.4. The van der Waals surface area contributed by atoms with Gasteiger partial charge in [0, 0.05) is 31.6 Å². The molecular formula is C31H41F3N4O4. The number of nitrogens with zero attached hydrogens (tertiary/aromatic N) is 2. The number of hydrogen-bond donors (Lipinski definition) is 3. The first kappa shape index (κ1) is 31.6. The summed E-state index contributed by atoms with van der Waals surface area (Å²) in [6.45, 7) is 4.64. The van der Waals surface area contributed by atoms with Crippen molar-refractivity contribution in [3.63, 3.8) is 0 Å². The largest absolute Gasteiger partial charge is 0.486 e. The number of ether oxygens (including phenoxy) is 1. The summed E-state index contributed by atoms with van der Waals surface area (Å²) in [5.41, 5.74) is 0.679. The molecule has 2 aliphatic rings. The van der Waals surface area contributed by atoms with Crippen LogP contribution < -0.4 is 15.4 Å². The summed E-state index contributed by atoms with van der Waals surface area (Å²) < 4.78 is 45.5. The molecule has 4 rings (SSSR count). The molecule has 2 aromatic carbocycles. The fourth-order valence-electron chi connectivity index (χ4n) is 5.63. The second-order valence-corrected chi connectivity index (χ2v) is 11.6. The Labute approximate surface area is 245 Å². The molecule has 2 aromatic rings. The van der Waals surface area contributed by atoms with E-state index >= 15 is 0 Å². The van der Waals surface area contributed by atoms with Crippen molar-refractivity contribution in [1.82, 2.24) is 15.1 Å². The Morgan fingerprint density at radius 1 is 1.14 bits per heavy atom. The molecule has 230 valence electrons. The summed E-state index contributed by atoms with van der Waals surface area (Å²) in [6, 6.07) is 9.41. The summed E-state index contributed by atoms with van der Waals surface area (Å²) in [4.78, 5) is 30.2. The smallest absolute Gasteiger partial charge is 0.416 e. The number of carbonyl (C=O) groups excluding carboxylic acids is 2. The maximum atomic E-state index is 13.7. The number of aliphatic hydroxyl groups excluding tert-OH is 1. The van der Waals surface area contributed by atoms with E-state index in [2.05, 4.69) is 10.6 Å². The van der Waals surface area contributed by atoms with E-state index in [4.69, 9.17) is 4.74 Å². The summed E-state index contributed by atoms with van der Waals surface area (Å²) in [7, 11) is 1.86. The molecule has 8 nitrogen and oxygen atoms in total. The zero-order valence-electron chi connectivity index (χ0n) is 24.4. The van der Waals surface area contributed by atoms with Gasteiger partial charge in [0.15, 0.2) is 5.75 Å². The van der Waals surface area contributed by atoms with E-state index < -0.39 is 23.9 Å². The topological polar surface area (TPSA) is 94.1 Å². The van der Waals surface area contributed by atoms with Gasteiger partial charge in [-0.15, -0.1) is 0 Å². The lowest BCUT2D eigenvalue weighted by atomic mass is 9.96. The molecule has 3 atom stereocenters. The zero-order valence-corrected chi connectivity index (χ0v) is 24.4. The molecule has 0 unspecified atom stereocenters. The van der Waals surface area contributed by atoms with E-state index in [1.807, 2.05) is 18.9 Å². The van der Waals surface area contributed by atoms with Crippen LogP contribution in [0.15, 0.2) is 42.5 Å². The predicted octanol–water partition coefficient (Wildman–Crippen LogP) is 5.51. The Hall–Kier alpha value is -3.31. The number of likely N-dealkylation sites (N-methyl/N-ethyl adjacent to an activating group) is 1. The molecule has 0 aromatic heterocycles. The number of benzene rings is 2. The molecule has 1 heterocycles. The fourth-order valence-corrected chi connectivity index (χ4v) is 5.63. The first-order chi connectivity index (χ1) is 20.0. The summed E-state index contributed by atoms with van der Waals surface area (Å²) >= 11 is 0. The van der Waals surface area contributed by atoms with Crippen LogP contribution >= 0.6 is 0 Å². The number of nitrogens with one attached hydrogen (secondary N) is 2. The minimum absolute atomic E-state index is 0.0966. The van der Waals surface area contributed by atoms with Crippen LogP contribution in [0.3, 0.4) is 0 Å². The van der Waals surface area contributed by atoms with Crippen molar-refractivity contribution < 1.29 is 32.6 Å². The lowest BCUT2D eigenvalue weighted by molar-refractivity contribution is -0.137. The van der Waals surface area contributed by atoms with Crippen molar-refractivity contribution in [2.24, 2.45) is 5.92 Å². The van der Waals surface area contributed by atoms with Crippen LogP contribution in [0.25, 0.3) is 0 Å². The first-order valence-corrected chi connectivity index (χ1v) is 14.6. The van der Waals surface area contributed by atoms with Gasteiger partial charge in [-0.25, -0.2) is 4.79 Å². The number of rotatable bonds is 8. The first-order valence-electron chi connectivity index (χ1n) is 14.6. The number of hydrogen-bond acceptors (Lipinski definition) is 5. The van der Waals surface area contributed by atoms with E-state index in [0.29, 0.717) is 25.3 Å².